The molecular weight excluding hydrogens is 260 g/mol. The Labute approximate surface area is 115 Å². The minimum atomic E-state index is -0.606. The lowest BCUT2D eigenvalue weighted by Gasteiger charge is -2.06. The van der Waals surface area contributed by atoms with Crippen molar-refractivity contribution in [3.8, 4) is 17.0 Å². The van der Waals surface area contributed by atoms with E-state index in [1.165, 1.54) is 7.11 Å². The maximum Gasteiger partial charge on any atom is 0.425 e. The number of rotatable bonds is 4. The summed E-state index contributed by atoms with van der Waals surface area (Å²) in [6.45, 7) is 0. The maximum absolute atomic E-state index is 10.9. The lowest BCUT2D eigenvalue weighted by molar-refractivity contribution is 0.173. The number of hydrazine groups is 1. The first-order chi connectivity index (χ1) is 9.72. The molecule has 0 bridgehead atoms. The van der Waals surface area contributed by atoms with Crippen LogP contribution in [0.5, 0.6) is 5.75 Å². The third kappa shape index (κ3) is 3.35. The number of nitrogens with one attached hydrogen (secondary N) is 2. The van der Waals surface area contributed by atoms with E-state index in [0.29, 0.717) is 5.82 Å². The highest BCUT2D eigenvalue weighted by atomic mass is 16.5. The van der Waals surface area contributed by atoms with E-state index in [2.05, 4.69) is 25.8 Å². The molecule has 0 atom stereocenters. The van der Waals surface area contributed by atoms with Crippen LogP contribution in [0.25, 0.3) is 11.3 Å². The predicted octanol–water partition coefficient (Wildman–Crippen LogP) is 1.84. The van der Waals surface area contributed by atoms with Crippen LogP contribution in [0.15, 0.2) is 36.4 Å². The molecule has 0 aliphatic heterocycles. The molecule has 0 unspecified atom stereocenters. The number of hydrogen-bond donors (Lipinski definition) is 2. The number of hydrogen-bond acceptors (Lipinski definition) is 6. The molecule has 1 amide bonds. The van der Waals surface area contributed by atoms with Gasteiger partial charge in [-0.2, -0.15) is 0 Å². The van der Waals surface area contributed by atoms with Gasteiger partial charge in [0.05, 0.1) is 19.9 Å². The highest BCUT2D eigenvalue weighted by Gasteiger charge is 2.03. The molecule has 0 fully saturated rings. The molecule has 0 radical (unpaired) electrons. The van der Waals surface area contributed by atoms with Crippen LogP contribution in [-0.2, 0) is 4.74 Å². The van der Waals surface area contributed by atoms with Crippen LogP contribution in [0.3, 0.4) is 0 Å². The fourth-order valence-electron chi connectivity index (χ4n) is 1.48. The van der Waals surface area contributed by atoms with Gasteiger partial charge in [0.1, 0.15) is 5.75 Å². The van der Waals surface area contributed by atoms with E-state index in [1.54, 1.807) is 19.2 Å². The number of anilines is 1. The molecule has 7 heteroatoms. The maximum atomic E-state index is 10.9. The molecule has 1 heterocycles. The number of amides is 1. The Morgan fingerprint density at radius 1 is 1.05 bits per heavy atom. The number of carbonyl (C=O) groups excluding carboxylic acids is 1. The van der Waals surface area contributed by atoms with E-state index in [4.69, 9.17) is 4.74 Å². The van der Waals surface area contributed by atoms with Gasteiger partial charge in [0.2, 0.25) is 0 Å². The van der Waals surface area contributed by atoms with Crippen molar-refractivity contribution < 1.29 is 14.3 Å². The zero-order chi connectivity index (χ0) is 14.4. The van der Waals surface area contributed by atoms with Crippen molar-refractivity contribution in [3.05, 3.63) is 36.4 Å². The Bertz CT molecular complexity index is 569. The van der Waals surface area contributed by atoms with Crippen LogP contribution in [0.2, 0.25) is 0 Å². The van der Waals surface area contributed by atoms with E-state index in [9.17, 15) is 4.79 Å². The first kappa shape index (κ1) is 13.6. The molecule has 1 aromatic heterocycles. The monoisotopic (exact) mass is 274 g/mol. The third-order valence-electron chi connectivity index (χ3n) is 2.53. The highest BCUT2D eigenvalue weighted by Crippen LogP contribution is 2.20. The summed E-state index contributed by atoms with van der Waals surface area (Å²) in [5.41, 5.74) is 6.51. The van der Waals surface area contributed by atoms with Gasteiger partial charge in [-0.3, -0.25) is 5.43 Å². The van der Waals surface area contributed by atoms with Crippen LogP contribution in [0.4, 0.5) is 10.6 Å². The number of nitrogens with zero attached hydrogens (tertiary/aromatic N) is 2. The van der Waals surface area contributed by atoms with E-state index in [1.807, 2.05) is 24.3 Å². The average Bonchev–Trinajstić information content (AvgIpc) is 2.53. The number of carbonyl (C=O) groups is 1. The van der Waals surface area contributed by atoms with Crippen LogP contribution in [0, 0.1) is 0 Å². The van der Waals surface area contributed by atoms with Gasteiger partial charge < -0.3 is 9.47 Å². The van der Waals surface area contributed by atoms with Gasteiger partial charge in [0, 0.05) is 5.56 Å². The topological polar surface area (TPSA) is 85.4 Å². The Hall–Kier alpha value is -2.83. The van der Waals surface area contributed by atoms with Crippen LogP contribution >= 0.6 is 0 Å². The SMILES string of the molecule is COC(=O)NNc1ccc(-c2ccc(OC)cc2)nn1. The second kappa shape index (κ2) is 6.37. The molecule has 0 spiro atoms. The molecule has 0 aliphatic carbocycles. The lowest BCUT2D eigenvalue weighted by Crippen LogP contribution is -2.29. The van der Waals surface area contributed by atoms with Gasteiger partial charge in [-0.05, 0) is 36.4 Å². The highest BCUT2D eigenvalue weighted by molar-refractivity contribution is 5.68. The summed E-state index contributed by atoms with van der Waals surface area (Å²) in [4.78, 5) is 10.9. The van der Waals surface area contributed by atoms with Gasteiger partial charge in [0.25, 0.3) is 0 Å². The molecule has 0 saturated heterocycles. The smallest absolute Gasteiger partial charge is 0.425 e. The number of methoxy groups -OCH3 is 2. The van der Waals surface area contributed by atoms with Gasteiger partial charge in [-0.1, -0.05) is 0 Å². The van der Waals surface area contributed by atoms with Crippen molar-refractivity contribution in [1.29, 1.82) is 0 Å². The number of aromatic nitrogens is 2. The quantitative estimate of drug-likeness (QED) is 0.827. The summed E-state index contributed by atoms with van der Waals surface area (Å²) in [7, 11) is 2.89. The van der Waals surface area contributed by atoms with E-state index in [0.717, 1.165) is 17.0 Å². The summed E-state index contributed by atoms with van der Waals surface area (Å²) in [6.07, 6.45) is -0.606. The largest absolute Gasteiger partial charge is 0.497 e. The second-order valence-electron chi connectivity index (χ2n) is 3.77. The summed E-state index contributed by atoms with van der Waals surface area (Å²) >= 11 is 0. The first-order valence-electron chi connectivity index (χ1n) is 5.81. The molecular formula is C13H14N4O3. The molecule has 0 aliphatic rings. The van der Waals surface area contributed by atoms with Gasteiger partial charge in [-0.15, -0.1) is 10.2 Å². The number of ether oxygens (including phenoxy) is 2. The molecule has 2 aromatic rings. The zero-order valence-electron chi connectivity index (χ0n) is 11.1. The summed E-state index contributed by atoms with van der Waals surface area (Å²) in [5.74, 6) is 1.19. The van der Waals surface area contributed by atoms with Gasteiger partial charge in [-0.25, -0.2) is 10.2 Å². The van der Waals surface area contributed by atoms with Crippen molar-refractivity contribution in [2.45, 2.75) is 0 Å². The molecule has 0 saturated carbocycles. The fraction of sp³-hybridized carbons (Fsp3) is 0.154. The Morgan fingerprint density at radius 2 is 1.80 bits per heavy atom. The van der Waals surface area contributed by atoms with Gasteiger partial charge in [0.15, 0.2) is 5.82 Å². The molecule has 1 aromatic carbocycles. The normalized spacial score (nSPS) is 9.70. The molecule has 104 valence electrons. The fourth-order valence-corrected chi connectivity index (χ4v) is 1.48. The Kier molecular flexibility index (Phi) is 4.33. The Balaban J connectivity index is 2.05. The van der Waals surface area contributed by atoms with E-state index >= 15 is 0 Å². The summed E-state index contributed by atoms with van der Waals surface area (Å²) in [6, 6.07) is 11.0. The van der Waals surface area contributed by atoms with Crippen molar-refractivity contribution in [3.63, 3.8) is 0 Å². The van der Waals surface area contributed by atoms with Crippen molar-refractivity contribution in [2.75, 3.05) is 19.6 Å². The minimum Gasteiger partial charge on any atom is -0.497 e. The zero-order valence-corrected chi connectivity index (χ0v) is 11.1. The van der Waals surface area contributed by atoms with Crippen molar-refractivity contribution in [2.24, 2.45) is 0 Å². The van der Waals surface area contributed by atoms with Crippen LogP contribution < -0.4 is 15.6 Å². The Morgan fingerprint density at radius 3 is 2.35 bits per heavy atom. The number of benzene rings is 1. The second-order valence-corrected chi connectivity index (χ2v) is 3.77. The lowest BCUT2D eigenvalue weighted by atomic mass is 10.1. The summed E-state index contributed by atoms with van der Waals surface area (Å²) in [5, 5.41) is 8.00. The molecule has 2 rings (SSSR count). The molecule has 2 N–H and O–H groups in total. The average molecular weight is 274 g/mol. The summed E-state index contributed by atoms with van der Waals surface area (Å²) < 4.78 is 9.51. The third-order valence-corrected chi connectivity index (χ3v) is 2.53. The first-order valence-corrected chi connectivity index (χ1v) is 5.81. The van der Waals surface area contributed by atoms with Crippen LogP contribution in [-0.4, -0.2) is 30.5 Å². The van der Waals surface area contributed by atoms with Crippen molar-refractivity contribution >= 4 is 11.9 Å². The standard InChI is InChI=1S/C13H14N4O3/c1-19-10-5-3-9(4-6-10)11-7-8-12(15-14-11)16-17-13(18)20-2/h3-8H,1-2H3,(H,15,16)(H,17,18). The van der Waals surface area contributed by atoms with E-state index < -0.39 is 6.09 Å². The molecule has 7 nitrogen and oxygen atoms in total. The minimum absolute atomic E-state index is 0.410. The molecule has 20 heavy (non-hydrogen) atoms. The van der Waals surface area contributed by atoms with Crippen molar-refractivity contribution in [1.82, 2.24) is 15.6 Å². The van der Waals surface area contributed by atoms with E-state index in [-0.39, 0.29) is 0 Å². The van der Waals surface area contributed by atoms with Gasteiger partial charge >= 0.3 is 6.09 Å². The van der Waals surface area contributed by atoms with Crippen LogP contribution in [0.1, 0.15) is 0 Å². The predicted molar refractivity (Wildman–Crippen MR) is 73.2 cm³/mol.